The van der Waals surface area contributed by atoms with Crippen LogP contribution in [0.2, 0.25) is 0 Å². The summed E-state index contributed by atoms with van der Waals surface area (Å²) in [6, 6.07) is 15.6. The normalized spacial score (nSPS) is 10.4. The standard InChI is InChI=1S/C19H19N3O/c1-2-11-20-15-7-9-16(10-8-15)22-19(23)12-14-13-21-18-6-4-3-5-17(14)18/h2-10,13,20-21H,1,11-12H2,(H,22,23). The van der Waals surface area contributed by atoms with Crippen molar-refractivity contribution in [2.75, 3.05) is 17.2 Å². The Bertz CT molecular complexity index is 818. The topological polar surface area (TPSA) is 56.9 Å². The van der Waals surface area contributed by atoms with E-state index in [-0.39, 0.29) is 5.91 Å². The second kappa shape index (κ2) is 6.83. The zero-order valence-corrected chi connectivity index (χ0v) is 12.8. The van der Waals surface area contributed by atoms with Gasteiger partial charge in [0.15, 0.2) is 0 Å². The van der Waals surface area contributed by atoms with Crippen LogP contribution in [0.5, 0.6) is 0 Å². The van der Waals surface area contributed by atoms with Crippen LogP contribution < -0.4 is 10.6 Å². The summed E-state index contributed by atoms with van der Waals surface area (Å²) in [4.78, 5) is 15.4. The molecule has 1 amide bonds. The van der Waals surface area contributed by atoms with Gasteiger partial charge in [-0.25, -0.2) is 0 Å². The van der Waals surface area contributed by atoms with Crippen LogP contribution in [0.1, 0.15) is 5.56 Å². The van der Waals surface area contributed by atoms with Gasteiger partial charge in [0.2, 0.25) is 5.91 Å². The fourth-order valence-electron chi connectivity index (χ4n) is 2.52. The average Bonchev–Trinajstić information content (AvgIpc) is 2.97. The molecule has 0 aliphatic carbocycles. The summed E-state index contributed by atoms with van der Waals surface area (Å²) in [5.74, 6) is -0.0263. The monoisotopic (exact) mass is 305 g/mol. The number of fused-ring (bicyclic) bond motifs is 1. The molecule has 3 N–H and O–H groups in total. The molecule has 4 heteroatoms. The van der Waals surface area contributed by atoms with Crippen molar-refractivity contribution in [3.8, 4) is 0 Å². The molecule has 3 aromatic rings. The van der Waals surface area contributed by atoms with E-state index in [2.05, 4.69) is 22.2 Å². The van der Waals surface area contributed by atoms with Crippen LogP contribution in [0.25, 0.3) is 10.9 Å². The number of carbonyl (C=O) groups excluding carboxylic acids is 1. The van der Waals surface area contributed by atoms with Crippen LogP contribution in [-0.2, 0) is 11.2 Å². The number of H-pyrrole nitrogens is 1. The minimum atomic E-state index is -0.0263. The molecule has 0 fully saturated rings. The Hall–Kier alpha value is -3.01. The predicted molar refractivity (Wildman–Crippen MR) is 95.8 cm³/mol. The quantitative estimate of drug-likeness (QED) is 0.604. The number of benzene rings is 2. The molecule has 0 bridgehead atoms. The summed E-state index contributed by atoms with van der Waals surface area (Å²) in [5.41, 5.74) is 3.84. The molecule has 0 aliphatic rings. The lowest BCUT2D eigenvalue weighted by Gasteiger charge is -2.07. The number of carbonyl (C=O) groups is 1. The van der Waals surface area contributed by atoms with Crippen LogP contribution >= 0.6 is 0 Å². The minimum Gasteiger partial charge on any atom is -0.382 e. The lowest BCUT2D eigenvalue weighted by atomic mass is 10.1. The van der Waals surface area contributed by atoms with E-state index in [1.54, 1.807) is 6.08 Å². The first-order valence-electron chi connectivity index (χ1n) is 7.56. The highest BCUT2D eigenvalue weighted by atomic mass is 16.1. The van der Waals surface area contributed by atoms with Gasteiger partial charge in [-0.1, -0.05) is 24.3 Å². The van der Waals surface area contributed by atoms with Gasteiger partial charge >= 0.3 is 0 Å². The van der Waals surface area contributed by atoms with Crippen molar-refractivity contribution in [2.45, 2.75) is 6.42 Å². The highest BCUT2D eigenvalue weighted by Crippen LogP contribution is 2.19. The summed E-state index contributed by atoms with van der Waals surface area (Å²) in [6.45, 7) is 4.38. The summed E-state index contributed by atoms with van der Waals surface area (Å²) in [6.07, 6.45) is 4.05. The summed E-state index contributed by atoms with van der Waals surface area (Å²) in [5, 5.41) is 7.21. The Balaban J connectivity index is 1.64. The van der Waals surface area contributed by atoms with Crippen molar-refractivity contribution in [3.63, 3.8) is 0 Å². The van der Waals surface area contributed by atoms with Gasteiger partial charge in [0, 0.05) is 35.0 Å². The minimum absolute atomic E-state index is 0.0263. The van der Waals surface area contributed by atoms with E-state index in [9.17, 15) is 4.79 Å². The molecule has 0 aliphatic heterocycles. The lowest BCUT2D eigenvalue weighted by molar-refractivity contribution is -0.115. The first-order valence-corrected chi connectivity index (χ1v) is 7.56. The molecular formula is C19H19N3O. The molecule has 23 heavy (non-hydrogen) atoms. The lowest BCUT2D eigenvalue weighted by Crippen LogP contribution is -2.14. The fraction of sp³-hybridized carbons (Fsp3) is 0.105. The maximum Gasteiger partial charge on any atom is 0.228 e. The molecule has 3 rings (SSSR count). The number of anilines is 2. The molecule has 0 spiro atoms. The first-order chi connectivity index (χ1) is 11.3. The van der Waals surface area contributed by atoms with Crippen LogP contribution in [0.4, 0.5) is 11.4 Å². The molecule has 116 valence electrons. The Morgan fingerprint density at radius 2 is 1.83 bits per heavy atom. The Labute approximate surface area is 135 Å². The maximum absolute atomic E-state index is 12.2. The number of amides is 1. The molecule has 1 aromatic heterocycles. The molecule has 1 heterocycles. The van der Waals surface area contributed by atoms with Crippen LogP contribution in [0, 0.1) is 0 Å². The number of para-hydroxylation sites is 1. The second-order valence-electron chi connectivity index (χ2n) is 5.33. The third-order valence-corrected chi connectivity index (χ3v) is 3.65. The van der Waals surface area contributed by atoms with Crippen molar-refractivity contribution in [1.82, 2.24) is 4.98 Å². The maximum atomic E-state index is 12.2. The van der Waals surface area contributed by atoms with Gasteiger partial charge in [-0.15, -0.1) is 6.58 Å². The molecule has 0 radical (unpaired) electrons. The van der Waals surface area contributed by atoms with Gasteiger partial charge in [-0.2, -0.15) is 0 Å². The zero-order chi connectivity index (χ0) is 16.1. The van der Waals surface area contributed by atoms with E-state index in [4.69, 9.17) is 0 Å². The molecular weight excluding hydrogens is 286 g/mol. The highest BCUT2D eigenvalue weighted by molar-refractivity contribution is 5.95. The number of aromatic amines is 1. The average molecular weight is 305 g/mol. The van der Waals surface area contributed by atoms with Gasteiger partial charge in [-0.3, -0.25) is 4.79 Å². The number of hydrogen-bond donors (Lipinski definition) is 3. The number of rotatable bonds is 6. The van der Waals surface area contributed by atoms with Crippen molar-refractivity contribution in [1.29, 1.82) is 0 Å². The number of nitrogens with one attached hydrogen (secondary N) is 3. The smallest absolute Gasteiger partial charge is 0.228 e. The van der Waals surface area contributed by atoms with E-state index in [0.717, 1.165) is 27.8 Å². The Kier molecular flexibility index (Phi) is 4.43. The fourth-order valence-corrected chi connectivity index (χ4v) is 2.52. The predicted octanol–water partition coefficient (Wildman–Crippen LogP) is 3.95. The van der Waals surface area contributed by atoms with Crippen LogP contribution in [-0.4, -0.2) is 17.4 Å². The summed E-state index contributed by atoms with van der Waals surface area (Å²) < 4.78 is 0. The van der Waals surface area contributed by atoms with Gasteiger partial charge in [0.25, 0.3) is 0 Å². The van der Waals surface area contributed by atoms with Crippen molar-refractivity contribution < 1.29 is 4.79 Å². The molecule has 0 unspecified atom stereocenters. The largest absolute Gasteiger partial charge is 0.382 e. The van der Waals surface area contributed by atoms with E-state index < -0.39 is 0 Å². The van der Waals surface area contributed by atoms with Gasteiger partial charge < -0.3 is 15.6 Å². The summed E-state index contributed by atoms with van der Waals surface area (Å²) in [7, 11) is 0. The van der Waals surface area contributed by atoms with E-state index in [1.807, 2.05) is 54.7 Å². The van der Waals surface area contributed by atoms with Crippen LogP contribution in [0.15, 0.2) is 67.4 Å². The van der Waals surface area contributed by atoms with E-state index in [0.29, 0.717) is 13.0 Å². The number of hydrogen-bond acceptors (Lipinski definition) is 2. The third kappa shape index (κ3) is 3.61. The highest BCUT2D eigenvalue weighted by Gasteiger charge is 2.08. The Morgan fingerprint density at radius 3 is 2.61 bits per heavy atom. The molecule has 4 nitrogen and oxygen atoms in total. The van der Waals surface area contributed by atoms with Gasteiger partial charge in [0.1, 0.15) is 0 Å². The van der Waals surface area contributed by atoms with E-state index in [1.165, 1.54) is 0 Å². The summed E-state index contributed by atoms with van der Waals surface area (Å²) >= 11 is 0. The molecule has 0 saturated carbocycles. The zero-order valence-electron chi connectivity index (χ0n) is 12.8. The van der Waals surface area contributed by atoms with Crippen molar-refractivity contribution in [3.05, 3.63) is 72.9 Å². The second-order valence-corrected chi connectivity index (χ2v) is 5.33. The van der Waals surface area contributed by atoms with Crippen molar-refractivity contribution >= 4 is 28.2 Å². The number of aromatic nitrogens is 1. The SMILES string of the molecule is C=CCNc1ccc(NC(=O)Cc2c[nH]c3ccccc23)cc1. The van der Waals surface area contributed by atoms with Crippen molar-refractivity contribution in [2.24, 2.45) is 0 Å². The molecule has 0 atom stereocenters. The van der Waals surface area contributed by atoms with Gasteiger partial charge in [0.05, 0.1) is 6.42 Å². The molecule has 0 saturated heterocycles. The van der Waals surface area contributed by atoms with E-state index >= 15 is 0 Å². The molecule has 2 aromatic carbocycles. The van der Waals surface area contributed by atoms with Crippen LogP contribution in [0.3, 0.4) is 0 Å². The van der Waals surface area contributed by atoms with Gasteiger partial charge in [-0.05, 0) is 35.9 Å². The Morgan fingerprint density at radius 1 is 1.09 bits per heavy atom. The third-order valence-electron chi connectivity index (χ3n) is 3.65. The first kappa shape index (κ1) is 14.9.